The molecule has 1 aliphatic heterocycles. The van der Waals surface area contributed by atoms with Crippen LogP contribution in [0.4, 0.5) is 0 Å². The Morgan fingerprint density at radius 2 is 2.32 bits per heavy atom. The van der Waals surface area contributed by atoms with Crippen LogP contribution in [-0.4, -0.2) is 42.4 Å². The fourth-order valence-electron chi connectivity index (χ4n) is 2.43. The van der Waals surface area contributed by atoms with Crippen LogP contribution in [0.1, 0.15) is 29.8 Å². The molecule has 1 fully saturated rings. The molecule has 0 aliphatic carbocycles. The number of methoxy groups -OCH3 is 1. The van der Waals surface area contributed by atoms with Crippen LogP contribution in [0.15, 0.2) is 6.20 Å². The van der Waals surface area contributed by atoms with Crippen molar-refractivity contribution in [3.8, 4) is 0 Å². The Balaban J connectivity index is 2.02. The molecule has 0 amide bonds. The van der Waals surface area contributed by atoms with Gasteiger partial charge in [-0.3, -0.25) is 9.48 Å². The molecular formula is C13H20ClN3O2. The smallest absolute Gasteiger partial charge is 0.182 e. The van der Waals surface area contributed by atoms with E-state index in [2.05, 4.69) is 10.4 Å². The predicted octanol–water partition coefficient (Wildman–Crippen LogP) is 1.76. The third-order valence-electron chi connectivity index (χ3n) is 3.50. The van der Waals surface area contributed by atoms with Gasteiger partial charge in [0.1, 0.15) is 5.69 Å². The number of ketones is 1. The highest BCUT2D eigenvalue weighted by molar-refractivity contribution is 6.33. The first-order chi connectivity index (χ1) is 9.22. The standard InChI is InChI=1S/C13H20ClN3O2/c1-19-7-6-17-13(11(14)9-16-17)12(18)8-10-2-4-15-5-3-10/h9-10,15H,2-8H2,1H3. The van der Waals surface area contributed by atoms with Crippen LogP contribution in [-0.2, 0) is 11.3 Å². The molecule has 0 atom stereocenters. The average molecular weight is 286 g/mol. The number of nitrogens with zero attached hydrogens (tertiary/aromatic N) is 2. The Bertz CT molecular complexity index is 428. The zero-order valence-corrected chi connectivity index (χ0v) is 11.9. The highest BCUT2D eigenvalue weighted by Gasteiger charge is 2.22. The van der Waals surface area contributed by atoms with Crippen LogP contribution in [0.2, 0.25) is 5.02 Å². The number of carbonyl (C=O) groups is 1. The van der Waals surface area contributed by atoms with E-state index in [9.17, 15) is 4.79 Å². The predicted molar refractivity (Wildman–Crippen MR) is 73.7 cm³/mol. The van der Waals surface area contributed by atoms with Crippen molar-refractivity contribution >= 4 is 17.4 Å². The molecule has 0 radical (unpaired) electrons. The van der Waals surface area contributed by atoms with E-state index in [0.29, 0.717) is 36.2 Å². The van der Waals surface area contributed by atoms with E-state index in [-0.39, 0.29) is 5.78 Å². The SMILES string of the molecule is COCCn1ncc(Cl)c1C(=O)CC1CCNCC1. The molecule has 0 unspecified atom stereocenters. The maximum Gasteiger partial charge on any atom is 0.182 e. The van der Waals surface area contributed by atoms with Gasteiger partial charge >= 0.3 is 0 Å². The van der Waals surface area contributed by atoms with Crippen molar-refractivity contribution in [3.63, 3.8) is 0 Å². The number of aromatic nitrogens is 2. The summed E-state index contributed by atoms with van der Waals surface area (Å²) in [5.41, 5.74) is 0.525. The van der Waals surface area contributed by atoms with Crippen molar-refractivity contribution in [3.05, 3.63) is 16.9 Å². The van der Waals surface area contributed by atoms with Crippen LogP contribution in [0.5, 0.6) is 0 Å². The lowest BCUT2D eigenvalue weighted by Crippen LogP contribution is -2.29. The summed E-state index contributed by atoms with van der Waals surface area (Å²) in [6.45, 7) is 3.06. The number of nitrogens with one attached hydrogen (secondary N) is 1. The maximum atomic E-state index is 12.4. The minimum absolute atomic E-state index is 0.0884. The third kappa shape index (κ3) is 3.78. The monoisotopic (exact) mass is 285 g/mol. The number of ether oxygens (including phenoxy) is 1. The molecule has 0 spiro atoms. The van der Waals surface area contributed by atoms with Gasteiger partial charge in [0.25, 0.3) is 0 Å². The molecule has 1 N–H and O–H groups in total. The molecule has 1 aliphatic rings. The number of hydrogen-bond donors (Lipinski definition) is 1. The quantitative estimate of drug-likeness (QED) is 0.809. The maximum absolute atomic E-state index is 12.4. The Kier molecular flexibility index (Phi) is 5.36. The Morgan fingerprint density at radius 1 is 1.58 bits per heavy atom. The van der Waals surface area contributed by atoms with E-state index >= 15 is 0 Å². The van der Waals surface area contributed by atoms with Crippen molar-refractivity contribution in [1.29, 1.82) is 0 Å². The summed E-state index contributed by atoms with van der Waals surface area (Å²) < 4.78 is 6.66. The highest BCUT2D eigenvalue weighted by Crippen LogP contribution is 2.22. The van der Waals surface area contributed by atoms with Crippen molar-refractivity contribution in [1.82, 2.24) is 15.1 Å². The zero-order chi connectivity index (χ0) is 13.7. The molecule has 2 rings (SSSR count). The Hall–Kier alpha value is -0.910. The molecule has 1 aromatic heterocycles. The van der Waals surface area contributed by atoms with E-state index in [1.165, 1.54) is 6.20 Å². The Labute approximate surface area is 118 Å². The molecule has 0 saturated carbocycles. The molecule has 106 valence electrons. The lowest BCUT2D eigenvalue weighted by atomic mass is 9.92. The Morgan fingerprint density at radius 3 is 3.00 bits per heavy atom. The first-order valence-electron chi connectivity index (χ1n) is 6.66. The second-order valence-electron chi connectivity index (χ2n) is 4.88. The molecule has 19 heavy (non-hydrogen) atoms. The van der Waals surface area contributed by atoms with Crippen molar-refractivity contribution in [2.24, 2.45) is 5.92 Å². The highest BCUT2D eigenvalue weighted by atomic mass is 35.5. The topological polar surface area (TPSA) is 56.2 Å². The summed E-state index contributed by atoms with van der Waals surface area (Å²) in [6, 6.07) is 0. The summed E-state index contributed by atoms with van der Waals surface area (Å²) in [7, 11) is 1.63. The minimum Gasteiger partial charge on any atom is -0.383 e. The van der Waals surface area contributed by atoms with Gasteiger partial charge in [0.2, 0.25) is 0 Å². The fourth-order valence-corrected chi connectivity index (χ4v) is 2.68. The van der Waals surface area contributed by atoms with Crippen LogP contribution in [0.3, 0.4) is 0 Å². The number of hydrogen-bond acceptors (Lipinski definition) is 4. The summed E-state index contributed by atoms with van der Waals surface area (Å²) in [6.07, 6.45) is 4.19. The molecule has 5 nitrogen and oxygen atoms in total. The second kappa shape index (κ2) is 7.03. The summed E-state index contributed by atoms with van der Waals surface area (Å²) in [4.78, 5) is 12.4. The van der Waals surface area contributed by atoms with Crippen molar-refractivity contribution in [2.45, 2.75) is 25.8 Å². The van der Waals surface area contributed by atoms with Gasteiger partial charge in [-0.1, -0.05) is 11.6 Å². The van der Waals surface area contributed by atoms with Crippen molar-refractivity contribution in [2.75, 3.05) is 26.8 Å². The fraction of sp³-hybridized carbons (Fsp3) is 0.692. The summed E-state index contributed by atoms with van der Waals surface area (Å²) in [5.74, 6) is 0.543. The minimum atomic E-state index is 0.0884. The molecule has 0 aromatic carbocycles. The van der Waals surface area contributed by atoms with Gasteiger partial charge in [0.15, 0.2) is 5.78 Å². The first-order valence-corrected chi connectivity index (χ1v) is 7.04. The second-order valence-corrected chi connectivity index (χ2v) is 5.28. The van der Waals surface area contributed by atoms with E-state index in [1.54, 1.807) is 11.8 Å². The largest absolute Gasteiger partial charge is 0.383 e. The van der Waals surface area contributed by atoms with Crippen molar-refractivity contribution < 1.29 is 9.53 Å². The van der Waals surface area contributed by atoms with Gasteiger partial charge in [-0.05, 0) is 31.8 Å². The van der Waals surface area contributed by atoms with Crippen LogP contribution < -0.4 is 5.32 Å². The molecule has 1 aromatic rings. The number of rotatable bonds is 6. The molecule has 1 saturated heterocycles. The molecular weight excluding hydrogens is 266 g/mol. The number of Topliss-reactive ketones (excluding diaryl/α,β-unsaturated/α-hetero) is 1. The van der Waals surface area contributed by atoms with E-state index in [1.807, 2.05) is 0 Å². The number of carbonyl (C=O) groups excluding carboxylic acids is 1. The normalized spacial score (nSPS) is 16.7. The zero-order valence-electron chi connectivity index (χ0n) is 11.2. The van der Waals surface area contributed by atoms with Crippen LogP contribution >= 0.6 is 11.6 Å². The average Bonchev–Trinajstić information content (AvgIpc) is 2.78. The van der Waals surface area contributed by atoms with E-state index < -0.39 is 0 Å². The summed E-state index contributed by atoms with van der Waals surface area (Å²) >= 11 is 6.08. The van der Waals surface area contributed by atoms with Gasteiger partial charge in [-0.25, -0.2) is 0 Å². The van der Waals surface area contributed by atoms with Gasteiger partial charge in [0.05, 0.1) is 24.4 Å². The lowest BCUT2D eigenvalue weighted by Gasteiger charge is -2.21. The molecule has 6 heteroatoms. The third-order valence-corrected chi connectivity index (χ3v) is 3.78. The summed E-state index contributed by atoms with van der Waals surface area (Å²) in [5, 5.41) is 7.88. The molecule has 0 bridgehead atoms. The van der Waals surface area contributed by atoms with Gasteiger partial charge < -0.3 is 10.1 Å². The molecule has 2 heterocycles. The van der Waals surface area contributed by atoms with E-state index in [0.717, 1.165) is 25.9 Å². The lowest BCUT2D eigenvalue weighted by molar-refractivity contribution is 0.0938. The number of piperidine rings is 1. The number of halogens is 1. The van der Waals surface area contributed by atoms with E-state index in [4.69, 9.17) is 16.3 Å². The van der Waals surface area contributed by atoms with Gasteiger partial charge in [0, 0.05) is 13.5 Å². The van der Waals surface area contributed by atoms with Crippen LogP contribution in [0.25, 0.3) is 0 Å². The van der Waals surface area contributed by atoms with Gasteiger partial charge in [-0.2, -0.15) is 5.10 Å². The first kappa shape index (κ1) is 14.5. The van der Waals surface area contributed by atoms with Crippen LogP contribution in [0, 0.1) is 5.92 Å². The van der Waals surface area contributed by atoms with Gasteiger partial charge in [-0.15, -0.1) is 0 Å².